The summed E-state index contributed by atoms with van der Waals surface area (Å²) >= 11 is 7.25. The molecule has 0 amide bonds. The van der Waals surface area contributed by atoms with Gasteiger partial charge in [0, 0.05) is 11.6 Å². The highest BCUT2D eigenvalue weighted by atomic mass is 127. The molecular formula is C15H11F2IN2S. The summed E-state index contributed by atoms with van der Waals surface area (Å²) in [6.07, 6.45) is 0. The highest BCUT2D eigenvalue weighted by Gasteiger charge is 2.17. The van der Waals surface area contributed by atoms with E-state index in [2.05, 4.69) is 4.98 Å². The summed E-state index contributed by atoms with van der Waals surface area (Å²) < 4.78 is 30.5. The lowest BCUT2D eigenvalue weighted by atomic mass is 10.1. The molecule has 0 aliphatic rings. The molecule has 0 aliphatic carbocycles. The van der Waals surface area contributed by atoms with Crippen LogP contribution in [0.4, 0.5) is 8.78 Å². The van der Waals surface area contributed by atoms with Crippen molar-refractivity contribution in [1.29, 1.82) is 0 Å². The number of nitrogens with zero attached hydrogens (tertiary/aromatic N) is 1. The van der Waals surface area contributed by atoms with Crippen molar-refractivity contribution in [2.24, 2.45) is 0 Å². The van der Waals surface area contributed by atoms with Crippen molar-refractivity contribution >= 4 is 45.8 Å². The molecule has 6 heteroatoms. The van der Waals surface area contributed by atoms with E-state index in [1.807, 2.05) is 29.5 Å². The Balaban J connectivity index is 2.25. The first-order valence-corrected chi connectivity index (χ1v) is 7.81. The van der Waals surface area contributed by atoms with E-state index in [-0.39, 0.29) is 17.7 Å². The molecule has 0 radical (unpaired) electrons. The molecule has 1 aromatic heterocycles. The van der Waals surface area contributed by atoms with Crippen LogP contribution in [-0.2, 0) is 0 Å². The average molecular weight is 416 g/mol. The summed E-state index contributed by atoms with van der Waals surface area (Å²) in [5, 5.41) is 0. The van der Waals surface area contributed by atoms with Crippen molar-refractivity contribution in [2.45, 2.75) is 13.0 Å². The third kappa shape index (κ3) is 2.50. The van der Waals surface area contributed by atoms with Gasteiger partial charge in [-0.05, 0) is 53.9 Å². The maximum Gasteiger partial charge on any atom is 0.178 e. The van der Waals surface area contributed by atoms with E-state index in [9.17, 15) is 8.78 Å². The van der Waals surface area contributed by atoms with Crippen LogP contribution in [0.1, 0.15) is 18.5 Å². The zero-order valence-electron chi connectivity index (χ0n) is 11.0. The van der Waals surface area contributed by atoms with Gasteiger partial charge in [-0.15, -0.1) is 0 Å². The van der Waals surface area contributed by atoms with E-state index in [0.29, 0.717) is 19.4 Å². The second-order valence-corrected chi connectivity index (χ2v) is 6.33. The van der Waals surface area contributed by atoms with Crippen LogP contribution in [-0.4, -0.2) is 9.55 Å². The Kier molecular flexibility index (Phi) is 3.83. The smallest absolute Gasteiger partial charge is 0.178 e. The normalized spacial score (nSPS) is 12.8. The zero-order chi connectivity index (χ0) is 15.1. The molecule has 21 heavy (non-hydrogen) atoms. The van der Waals surface area contributed by atoms with Crippen LogP contribution < -0.4 is 0 Å². The third-order valence-electron chi connectivity index (χ3n) is 3.50. The number of hydrogen-bond donors (Lipinski definition) is 1. The van der Waals surface area contributed by atoms with Crippen molar-refractivity contribution in [3.05, 3.63) is 61.9 Å². The summed E-state index contributed by atoms with van der Waals surface area (Å²) in [5.41, 5.74) is 1.90. The SMILES string of the molecule is CC(c1ccccc1F)n1c(=S)[nH]c2cc(I)c(F)cc21. The van der Waals surface area contributed by atoms with Crippen molar-refractivity contribution < 1.29 is 8.78 Å². The van der Waals surface area contributed by atoms with Crippen LogP contribution in [0.25, 0.3) is 11.0 Å². The van der Waals surface area contributed by atoms with Crippen LogP contribution in [0.5, 0.6) is 0 Å². The molecule has 0 saturated heterocycles. The molecule has 0 aliphatic heterocycles. The number of aromatic nitrogens is 2. The Morgan fingerprint density at radius 2 is 1.90 bits per heavy atom. The van der Waals surface area contributed by atoms with Gasteiger partial charge in [0.05, 0.1) is 20.6 Å². The van der Waals surface area contributed by atoms with Crippen molar-refractivity contribution in [3.8, 4) is 0 Å². The molecule has 1 heterocycles. The van der Waals surface area contributed by atoms with E-state index >= 15 is 0 Å². The van der Waals surface area contributed by atoms with E-state index in [1.165, 1.54) is 12.1 Å². The molecule has 108 valence electrons. The van der Waals surface area contributed by atoms with Gasteiger partial charge >= 0.3 is 0 Å². The summed E-state index contributed by atoms with van der Waals surface area (Å²) in [6.45, 7) is 1.84. The van der Waals surface area contributed by atoms with Gasteiger partial charge in [-0.1, -0.05) is 18.2 Å². The summed E-state index contributed by atoms with van der Waals surface area (Å²) in [4.78, 5) is 3.05. The number of hydrogen-bond acceptors (Lipinski definition) is 1. The number of imidazole rings is 1. The Morgan fingerprint density at radius 1 is 1.19 bits per heavy atom. The molecule has 2 nitrogen and oxygen atoms in total. The standard InChI is InChI=1S/C15H11F2IN2S/c1-8(9-4-2-3-5-10(9)16)20-14-6-11(17)12(18)7-13(14)19-15(20)21/h2-8H,1H3,(H,19,21). The maximum absolute atomic E-state index is 14.0. The van der Waals surface area contributed by atoms with Gasteiger partial charge in [0.1, 0.15) is 11.6 Å². The Morgan fingerprint density at radius 3 is 2.62 bits per heavy atom. The first-order valence-electron chi connectivity index (χ1n) is 6.32. The molecule has 1 unspecified atom stereocenters. The van der Waals surface area contributed by atoms with Gasteiger partial charge in [-0.25, -0.2) is 8.78 Å². The predicted octanol–water partition coefficient (Wildman–Crippen LogP) is 5.19. The molecule has 0 bridgehead atoms. The first kappa shape index (κ1) is 14.6. The lowest BCUT2D eigenvalue weighted by Gasteiger charge is -2.16. The molecular weight excluding hydrogens is 405 g/mol. The van der Waals surface area contributed by atoms with Crippen LogP contribution >= 0.6 is 34.8 Å². The molecule has 0 spiro atoms. The van der Waals surface area contributed by atoms with Gasteiger partial charge in [-0.2, -0.15) is 0 Å². The minimum absolute atomic E-state index is 0.299. The van der Waals surface area contributed by atoms with Gasteiger partial charge in [0.15, 0.2) is 4.77 Å². The largest absolute Gasteiger partial charge is 0.331 e. The topological polar surface area (TPSA) is 20.7 Å². The van der Waals surface area contributed by atoms with E-state index in [4.69, 9.17) is 12.2 Å². The summed E-state index contributed by atoms with van der Waals surface area (Å²) in [7, 11) is 0. The fourth-order valence-corrected chi connectivity index (χ4v) is 3.29. The van der Waals surface area contributed by atoms with E-state index < -0.39 is 0 Å². The Hall–Kier alpha value is -1.28. The minimum atomic E-state index is -0.327. The summed E-state index contributed by atoms with van der Waals surface area (Å²) in [5.74, 6) is -0.612. The van der Waals surface area contributed by atoms with Crippen LogP contribution in [0, 0.1) is 20.0 Å². The molecule has 2 aromatic carbocycles. The quantitative estimate of drug-likeness (QED) is 0.451. The Bertz CT molecular complexity index is 885. The van der Waals surface area contributed by atoms with E-state index in [1.54, 1.807) is 28.8 Å². The predicted molar refractivity (Wildman–Crippen MR) is 90.0 cm³/mol. The molecule has 3 aromatic rings. The Labute approximate surface area is 138 Å². The van der Waals surface area contributed by atoms with Gasteiger partial charge in [0.2, 0.25) is 0 Å². The number of halogens is 3. The number of rotatable bonds is 2. The number of aromatic amines is 1. The average Bonchev–Trinajstić information content (AvgIpc) is 2.74. The fourth-order valence-electron chi connectivity index (χ4n) is 2.46. The maximum atomic E-state index is 14.0. The lowest BCUT2D eigenvalue weighted by Crippen LogP contribution is -2.08. The van der Waals surface area contributed by atoms with Gasteiger partial charge in [0.25, 0.3) is 0 Å². The highest BCUT2D eigenvalue weighted by Crippen LogP contribution is 2.28. The molecule has 3 rings (SSSR count). The first-order chi connectivity index (χ1) is 9.99. The number of nitrogens with one attached hydrogen (secondary N) is 1. The molecule has 0 saturated carbocycles. The van der Waals surface area contributed by atoms with Gasteiger partial charge < -0.3 is 9.55 Å². The molecule has 1 N–H and O–H groups in total. The second-order valence-electron chi connectivity index (χ2n) is 4.78. The molecule has 1 atom stereocenters. The van der Waals surface area contributed by atoms with Crippen LogP contribution in [0.3, 0.4) is 0 Å². The number of H-pyrrole nitrogens is 1. The van der Waals surface area contributed by atoms with Crippen LogP contribution in [0.15, 0.2) is 36.4 Å². The second kappa shape index (κ2) is 5.49. The van der Waals surface area contributed by atoms with Gasteiger partial charge in [-0.3, -0.25) is 0 Å². The van der Waals surface area contributed by atoms with E-state index in [0.717, 1.165) is 5.52 Å². The fraction of sp³-hybridized carbons (Fsp3) is 0.133. The van der Waals surface area contributed by atoms with Crippen molar-refractivity contribution in [3.63, 3.8) is 0 Å². The molecule has 0 fully saturated rings. The third-order valence-corrected chi connectivity index (χ3v) is 4.63. The van der Waals surface area contributed by atoms with Crippen molar-refractivity contribution in [1.82, 2.24) is 9.55 Å². The van der Waals surface area contributed by atoms with Crippen molar-refractivity contribution in [2.75, 3.05) is 0 Å². The monoisotopic (exact) mass is 416 g/mol. The highest BCUT2D eigenvalue weighted by molar-refractivity contribution is 14.1. The zero-order valence-corrected chi connectivity index (χ0v) is 14.0. The minimum Gasteiger partial charge on any atom is -0.331 e. The number of fused-ring (bicyclic) bond motifs is 1. The summed E-state index contributed by atoms with van der Waals surface area (Å²) in [6, 6.07) is 9.34. The number of benzene rings is 2. The lowest BCUT2D eigenvalue weighted by molar-refractivity contribution is 0.560. The van der Waals surface area contributed by atoms with Crippen LogP contribution in [0.2, 0.25) is 0 Å².